The van der Waals surface area contributed by atoms with Crippen molar-refractivity contribution in [1.29, 1.82) is 0 Å². The minimum atomic E-state index is 0.0123. The van der Waals surface area contributed by atoms with E-state index in [1.54, 1.807) is 6.20 Å². The van der Waals surface area contributed by atoms with Crippen molar-refractivity contribution in [3.05, 3.63) is 23.9 Å². The maximum absolute atomic E-state index is 12.1. The molecule has 0 spiro atoms. The zero-order valence-corrected chi connectivity index (χ0v) is 12.5. The Morgan fingerprint density at radius 1 is 1.55 bits per heavy atom. The molecule has 1 aliphatic heterocycles. The summed E-state index contributed by atoms with van der Waals surface area (Å²) >= 11 is 0. The first-order valence-corrected chi connectivity index (χ1v) is 7.26. The van der Waals surface area contributed by atoms with Crippen molar-refractivity contribution in [3.8, 4) is 0 Å². The van der Waals surface area contributed by atoms with Crippen molar-refractivity contribution < 1.29 is 4.79 Å². The van der Waals surface area contributed by atoms with Gasteiger partial charge in [0.2, 0.25) is 5.91 Å². The number of rotatable bonds is 5. The van der Waals surface area contributed by atoms with Gasteiger partial charge in [-0.25, -0.2) is 4.98 Å². The molecule has 2 unspecified atom stereocenters. The normalized spacial score (nSPS) is 22.9. The molecule has 1 aromatic heterocycles. The van der Waals surface area contributed by atoms with Crippen LogP contribution in [-0.2, 0) is 4.79 Å². The smallest absolute Gasteiger partial charge is 0.239 e. The Morgan fingerprint density at radius 3 is 3.00 bits per heavy atom. The predicted molar refractivity (Wildman–Crippen MR) is 80.7 cm³/mol. The Kier molecular flexibility index (Phi) is 5.09. The lowest BCUT2D eigenvalue weighted by molar-refractivity contribution is -0.117. The number of anilines is 1. The van der Waals surface area contributed by atoms with Crippen LogP contribution in [0.15, 0.2) is 18.3 Å². The molecule has 2 atom stereocenters. The minimum absolute atomic E-state index is 0.0123. The van der Waals surface area contributed by atoms with Crippen LogP contribution in [0, 0.1) is 6.92 Å². The quantitative estimate of drug-likeness (QED) is 0.853. The SMILES string of the molecule is CCC1CC(NC)CN1CC(=O)Nc1cc(C)ccn1. The molecule has 5 heteroatoms. The Labute approximate surface area is 120 Å². The van der Waals surface area contributed by atoms with E-state index >= 15 is 0 Å². The van der Waals surface area contributed by atoms with Crippen LogP contribution in [0.1, 0.15) is 25.3 Å². The van der Waals surface area contributed by atoms with Gasteiger partial charge in [0.25, 0.3) is 0 Å². The van der Waals surface area contributed by atoms with Crippen LogP contribution in [0.2, 0.25) is 0 Å². The maximum Gasteiger partial charge on any atom is 0.239 e. The van der Waals surface area contributed by atoms with Gasteiger partial charge < -0.3 is 10.6 Å². The van der Waals surface area contributed by atoms with Crippen LogP contribution >= 0.6 is 0 Å². The number of pyridine rings is 1. The lowest BCUT2D eigenvalue weighted by Gasteiger charge is -2.22. The summed E-state index contributed by atoms with van der Waals surface area (Å²) in [5, 5.41) is 6.18. The number of hydrogen-bond acceptors (Lipinski definition) is 4. The summed E-state index contributed by atoms with van der Waals surface area (Å²) in [5.74, 6) is 0.644. The summed E-state index contributed by atoms with van der Waals surface area (Å²) < 4.78 is 0. The summed E-state index contributed by atoms with van der Waals surface area (Å²) in [6, 6.07) is 4.78. The minimum Gasteiger partial charge on any atom is -0.316 e. The standard InChI is InChI=1S/C15H24N4O/c1-4-13-8-12(16-3)9-19(13)10-15(20)18-14-7-11(2)5-6-17-14/h5-7,12-13,16H,4,8-10H2,1-3H3,(H,17,18,20). The molecule has 1 fully saturated rings. The van der Waals surface area contributed by atoms with E-state index in [4.69, 9.17) is 0 Å². The second-order valence-corrected chi connectivity index (χ2v) is 5.48. The molecule has 1 aliphatic rings. The van der Waals surface area contributed by atoms with Crippen LogP contribution in [-0.4, -0.2) is 48.0 Å². The summed E-state index contributed by atoms with van der Waals surface area (Å²) in [5.41, 5.74) is 1.10. The number of nitrogens with zero attached hydrogens (tertiary/aromatic N) is 2. The number of aromatic nitrogens is 1. The van der Waals surface area contributed by atoms with Gasteiger partial charge in [-0.05, 0) is 44.5 Å². The van der Waals surface area contributed by atoms with E-state index in [9.17, 15) is 4.79 Å². The monoisotopic (exact) mass is 276 g/mol. The highest BCUT2D eigenvalue weighted by atomic mass is 16.2. The Bertz CT molecular complexity index is 463. The molecule has 2 N–H and O–H groups in total. The summed E-state index contributed by atoms with van der Waals surface area (Å²) in [7, 11) is 1.98. The third-order valence-corrected chi connectivity index (χ3v) is 3.94. The number of hydrogen-bond donors (Lipinski definition) is 2. The molecule has 1 saturated heterocycles. The molecule has 20 heavy (non-hydrogen) atoms. The number of likely N-dealkylation sites (N-methyl/N-ethyl adjacent to an activating group) is 1. The molecule has 110 valence electrons. The lowest BCUT2D eigenvalue weighted by atomic mass is 10.1. The Hall–Kier alpha value is -1.46. The van der Waals surface area contributed by atoms with E-state index < -0.39 is 0 Å². The largest absolute Gasteiger partial charge is 0.316 e. The molecule has 5 nitrogen and oxygen atoms in total. The number of carbonyl (C=O) groups excluding carboxylic acids is 1. The molecule has 2 rings (SSSR count). The predicted octanol–water partition coefficient (Wildman–Crippen LogP) is 1.40. The van der Waals surface area contributed by atoms with Gasteiger partial charge in [-0.1, -0.05) is 6.92 Å². The van der Waals surface area contributed by atoms with Gasteiger partial charge in [-0.15, -0.1) is 0 Å². The number of carbonyl (C=O) groups is 1. The van der Waals surface area contributed by atoms with E-state index in [2.05, 4.69) is 27.4 Å². The topological polar surface area (TPSA) is 57.3 Å². The van der Waals surface area contributed by atoms with Crippen molar-refractivity contribution in [1.82, 2.24) is 15.2 Å². The van der Waals surface area contributed by atoms with Gasteiger partial charge >= 0.3 is 0 Å². The highest BCUT2D eigenvalue weighted by molar-refractivity contribution is 5.91. The van der Waals surface area contributed by atoms with E-state index in [-0.39, 0.29) is 5.91 Å². The van der Waals surface area contributed by atoms with E-state index in [0.717, 1.165) is 24.9 Å². The molecular formula is C15H24N4O. The van der Waals surface area contributed by atoms with Gasteiger partial charge in [-0.3, -0.25) is 9.69 Å². The first kappa shape index (κ1) is 14.9. The van der Waals surface area contributed by atoms with Crippen molar-refractivity contribution in [3.63, 3.8) is 0 Å². The molecule has 0 radical (unpaired) electrons. The first-order chi connectivity index (χ1) is 9.62. The van der Waals surface area contributed by atoms with Gasteiger partial charge in [0, 0.05) is 24.8 Å². The second-order valence-electron chi connectivity index (χ2n) is 5.48. The first-order valence-electron chi connectivity index (χ1n) is 7.26. The van der Waals surface area contributed by atoms with E-state index in [1.807, 2.05) is 26.1 Å². The molecular weight excluding hydrogens is 252 g/mol. The number of amides is 1. The molecule has 0 aromatic carbocycles. The number of aryl methyl sites for hydroxylation is 1. The molecule has 1 aromatic rings. The van der Waals surface area contributed by atoms with Crippen LogP contribution in [0.5, 0.6) is 0 Å². The van der Waals surface area contributed by atoms with Gasteiger partial charge in [-0.2, -0.15) is 0 Å². The highest BCUT2D eigenvalue weighted by Gasteiger charge is 2.30. The Morgan fingerprint density at radius 2 is 2.35 bits per heavy atom. The zero-order chi connectivity index (χ0) is 14.5. The molecule has 0 aliphatic carbocycles. The molecule has 1 amide bonds. The highest BCUT2D eigenvalue weighted by Crippen LogP contribution is 2.20. The fourth-order valence-electron chi connectivity index (χ4n) is 2.78. The number of likely N-dealkylation sites (tertiary alicyclic amines) is 1. The molecule has 0 saturated carbocycles. The van der Waals surface area contributed by atoms with Crippen LogP contribution in [0.3, 0.4) is 0 Å². The fourth-order valence-corrected chi connectivity index (χ4v) is 2.78. The summed E-state index contributed by atoms with van der Waals surface area (Å²) in [6.07, 6.45) is 3.91. The third kappa shape index (κ3) is 3.77. The van der Waals surface area contributed by atoms with Crippen molar-refractivity contribution in [2.24, 2.45) is 0 Å². The second kappa shape index (κ2) is 6.81. The van der Waals surface area contributed by atoms with Crippen molar-refractivity contribution in [2.75, 3.05) is 25.5 Å². The molecule has 0 bridgehead atoms. The van der Waals surface area contributed by atoms with Crippen LogP contribution < -0.4 is 10.6 Å². The summed E-state index contributed by atoms with van der Waals surface area (Å²) in [4.78, 5) is 18.5. The van der Waals surface area contributed by atoms with Crippen molar-refractivity contribution in [2.45, 2.75) is 38.8 Å². The molecule has 2 heterocycles. The Balaban J connectivity index is 1.91. The third-order valence-electron chi connectivity index (χ3n) is 3.94. The van der Waals surface area contributed by atoms with Gasteiger partial charge in [0.1, 0.15) is 5.82 Å². The van der Waals surface area contributed by atoms with Crippen LogP contribution in [0.4, 0.5) is 5.82 Å². The average Bonchev–Trinajstić information content (AvgIpc) is 2.80. The summed E-state index contributed by atoms with van der Waals surface area (Å²) in [6.45, 7) is 5.54. The van der Waals surface area contributed by atoms with E-state index in [0.29, 0.717) is 24.4 Å². The maximum atomic E-state index is 12.1. The van der Waals surface area contributed by atoms with Gasteiger partial charge in [0.05, 0.1) is 6.54 Å². The van der Waals surface area contributed by atoms with Gasteiger partial charge in [0.15, 0.2) is 0 Å². The average molecular weight is 276 g/mol. The lowest BCUT2D eigenvalue weighted by Crippen LogP contribution is -2.38. The number of nitrogens with one attached hydrogen (secondary N) is 2. The van der Waals surface area contributed by atoms with E-state index in [1.165, 1.54) is 0 Å². The van der Waals surface area contributed by atoms with Crippen LogP contribution in [0.25, 0.3) is 0 Å². The fraction of sp³-hybridized carbons (Fsp3) is 0.600. The zero-order valence-electron chi connectivity index (χ0n) is 12.5. The van der Waals surface area contributed by atoms with Crippen molar-refractivity contribution >= 4 is 11.7 Å².